The molecule has 0 unspecified atom stereocenters. The highest BCUT2D eigenvalue weighted by Crippen LogP contribution is 2.42. The Labute approximate surface area is 359 Å². The fourth-order valence-corrected chi connectivity index (χ4v) is 8.34. The monoisotopic (exact) mass is 908 g/mol. The summed E-state index contributed by atoms with van der Waals surface area (Å²) in [6.45, 7) is 2.17. The molecule has 0 saturated carbocycles. The standard InChI is InChI=1S/C42H53BrN8O8S/c1-55-31-11-9-28(10-12-31)27-51(60(5,53)54)38-21-32(59-20-8-6-7-19-52)13-14-35(38)47-40-34(43)26-44-42(49-40)48-36-22-33(30-24-45-46-25-30)37(23-39(36)56-2)50-17-15-29(16-18-50)41(57-3)58-4/h9-14,21-26,29,41,52H,6-8,15-20,27H2,1-5H3,(H,45,46)(H2,44,47,48,49). The second-order valence-corrected chi connectivity index (χ2v) is 17.1. The molecule has 0 spiro atoms. The van der Waals surface area contributed by atoms with Crippen molar-refractivity contribution >= 4 is 60.5 Å². The summed E-state index contributed by atoms with van der Waals surface area (Å²) >= 11 is 3.59. The number of H-pyrrole nitrogens is 1. The van der Waals surface area contributed by atoms with Crippen LogP contribution in [0.3, 0.4) is 0 Å². The first-order valence-electron chi connectivity index (χ1n) is 19.6. The summed E-state index contributed by atoms with van der Waals surface area (Å²) in [6, 6.07) is 16.5. The highest BCUT2D eigenvalue weighted by Gasteiger charge is 2.29. The van der Waals surface area contributed by atoms with E-state index in [1.807, 2.05) is 30.5 Å². The van der Waals surface area contributed by atoms with Crippen LogP contribution in [0.5, 0.6) is 17.2 Å². The Bertz CT molecular complexity index is 2260. The molecule has 0 bridgehead atoms. The number of rotatable bonds is 21. The molecule has 1 saturated heterocycles. The third-order valence-electron chi connectivity index (χ3n) is 10.3. The molecule has 6 rings (SSSR count). The van der Waals surface area contributed by atoms with Gasteiger partial charge in [-0.2, -0.15) is 10.1 Å². The van der Waals surface area contributed by atoms with Crippen LogP contribution in [-0.2, 0) is 26.0 Å². The molecule has 1 aliphatic rings. The van der Waals surface area contributed by atoms with Gasteiger partial charge in [-0.05, 0) is 83.9 Å². The first-order chi connectivity index (χ1) is 29.0. The van der Waals surface area contributed by atoms with Gasteiger partial charge < -0.3 is 44.3 Å². The number of halogens is 1. The zero-order valence-corrected chi connectivity index (χ0v) is 36.9. The molecular formula is C42H53BrN8O8S. The average Bonchev–Trinajstić information content (AvgIpc) is 3.80. The van der Waals surface area contributed by atoms with Gasteiger partial charge in [0.05, 0.1) is 61.4 Å². The van der Waals surface area contributed by atoms with Crippen LogP contribution in [0.1, 0.15) is 37.7 Å². The number of piperidine rings is 1. The maximum Gasteiger partial charge on any atom is 0.232 e. The Morgan fingerprint density at radius 3 is 2.33 bits per heavy atom. The zero-order valence-electron chi connectivity index (χ0n) is 34.5. The largest absolute Gasteiger partial charge is 0.497 e. The van der Waals surface area contributed by atoms with Gasteiger partial charge >= 0.3 is 0 Å². The number of nitrogens with one attached hydrogen (secondary N) is 3. The number of aliphatic hydroxyl groups is 1. The Kier molecular flexibility index (Phi) is 15.5. The van der Waals surface area contributed by atoms with Gasteiger partial charge in [-0.15, -0.1) is 0 Å². The SMILES string of the molecule is COc1ccc(CN(c2cc(OCCCCCO)ccc2Nc2nc(Nc3cc(-c4cn[nH]c4)c(N4CCC(C(OC)OC)CC4)cc3OC)ncc2Br)S(C)(=O)=O)cc1. The Hall–Kier alpha value is -5.14. The predicted octanol–water partition coefficient (Wildman–Crippen LogP) is 7.48. The van der Waals surface area contributed by atoms with Crippen molar-refractivity contribution in [2.45, 2.75) is 44.9 Å². The molecule has 60 heavy (non-hydrogen) atoms. The Balaban J connectivity index is 1.31. The van der Waals surface area contributed by atoms with Crippen LogP contribution in [0.15, 0.2) is 77.7 Å². The molecule has 0 aliphatic carbocycles. The second-order valence-electron chi connectivity index (χ2n) is 14.3. The summed E-state index contributed by atoms with van der Waals surface area (Å²) in [6.07, 6.45) is 10.2. The van der Waals surface area contributed by atoms with Crippen molar-refractivity contribution in [3.05, 3.63) is 83.2 Å². The van der Waals surface area contributed by atoms with Crippen LogP contribution in [-0.4, -0.2) is 101 Å². The lowest BCUT2D eigenvalue weighted by Gasteiger charge is -2.37. The maximum atomic E-state index is 13.5. The van der Waals surface area contributed by atoms with Crippen molar-refractivity contribution in [3.8, 4) is 28.4 Å². The molecule has 3 aromatic carbocycles. The lowest BCUT2D eigenvalue weighted by atomic mass is 9.94. The second kappa shape index (κ2) is 20.9. The van der Waals surface area contributed by atoms with Gasteiger partial charge in [0.1, 0.15) is 23.1 Å². The van der Waals surface area contributed by atoms with E-state index < -0.39 is 10.0 Å². The Morgan fingerprint density at radius 2 is 1.68 bits per heavy atom. The van der Waals surface area contributed by atoms with E-state index in [9.17, 15) is 13.5 Å². The summed E-state index contributed by atoms with van der Waals surface area (Å²) in [5.41, 5.74) is 5.03. The van der Waals surface area contributed by atoms with Gasteiger partial charge in [0.15, 0.2) is 6.29 Å². The number of benzene rings is 3. The summed E-state index contributed by atoms with van der Waals surface area (Å²) in [7, 11) is 2.73. The number of sulfonamides is 1. The summed E-state index contributed by atoms with van der Waals surface area (Å²) in [4.78, 5) is 11.7. The fourth-order valence-electron chi connectivity index (χ4n) is 7.16. The van der Waals surface area contributed by atoms with Crippen molar-refractivity contribution in [1.29, 1.82) is 0 Å². The number of ether oxygens (including phenoxy) is 5. The van der Waals surface area contributed by atoms with Crippen molar-refractivity contribution in [2.75, 3.05) is 80.8 Å². The molecule has 5 aromatic rings. The molecule has 0 atom stereocenters. The number of nitrogens with zero attached hydrogens (tertiary/aromatic N) is 5. The minimum atomic E-state index is -3.82. The van der Waals surface area contributed by atoms with Gasteiger partial charge in [0.25, 0.3) is 0 Å². The number of methoxy groups -OCH3 is 4. The molecule has 1 aliphatic heterocycles. The molecule has 4 N–H and O–H groups in total. The number of aliphatic hydroxyl groups excluding tert-OH is 1. The van der Waals surface area contributed by atoms with E-state index in [0.29, 0.717) is 57.6 Å². The predicted molar refractivity (Wildman–Crippen MR) is 237 cm³/mol. The number of hydrogen-bond acceptors (Lipinski definition) is 14. The van der Waals surface area contributed by atoms with Crippen LogP contribution < -0.4 is 34.0 Å². The number of hydrogen-bond donors (Lipinski definition) is 4. The first-order valence-corrected chi connectivity index (χ1v) is 22.3. The summed E-state index contributed by atoms with van der Waals surface area (Å²) in [5, 5.41) is 23.0. The van der Waals surface area contributed by atoms with Crippen molar-refractivity contribution < 1.29 is 37.2 Å². The van der Waals surface area contributed by atoms with E-state index >= 15 is 0 Å². The van der Waals surface area contributed by atoms with Crippen LogP contribution in [0.25, 0.3) is 11.1 Å². The molecule has 1 fully saturated rings. The van der Waals surface area contributed by atoms with Gasteiger partial charge in [-0.1, -0.05) is 12.1 Å². The topological polar surface area (TPSA) is 186 Å². The quantitative estimate of drug-likeness (QED) is 0.0420. The van der Waals surface area contributed by atoms with Gasteiger partial charge in [-0.25, -0.2) is 13.4 Å². The minimum absolute atomic E-state index is 0.0445. The van der Waals surface area contributed by atoms with E-state index in [1.54, 1.807) is 71.2 Å². The zero-order chi connectivity index (χ0) is 42.6. The summed E-state index contributed by atoms with van der Waals surface area (Å²) < 4.78 is 57.4. The fraction of sp³-hybridized carbons (Fsp3) is 0.405. The van der Waals surface area contributed by atoms with Gasteiger partial charge in [0.2, 0.25) is 16.0 Å². The molecule has 3 heterocycles. The highest BCUT2D eigenvalue weighted by molar-refractivity contribution is 9.10. The van der Waals surface area contributed by atoms with Crippen molar-refractivity contribution in [1.82, 2.24) is 20.2 Å². The van der Waals surface area contributed by atoms with E-state index in [4.69, 9.17) is 28.7 Å². The molecule has 0 amide bonds. The van der Waals surface area contributed by atoms with E-state index in [0.717, 1.165) is 61.2 Å². The van der Waals surface area contributed by atoms with E-state index in [2.05, 4.69) is 46.6 Å². The molecule has 322 valence electrons. The van der Waals surface area contributed by atoms with Crippen LogP contribution in [0.2, 0.25) is 0 Å². The maximum absolute atomic E-state index is 13.5. The van der Waals surface area contributed by atoms with E-state index in [-0.39, 0.29) is 31.3 Å². The number of unbranched alkanes of at least 4 members (excludes halogenated alkanes) is 2. The van der Waals surface area contributed by atoms with Crippen molar-refractivity contribution in [3.63, 3.8) is 0 Å². The molecule has 0 radical (unpaired) electrons. The molecule has 18 heteroatoms. The summed E-state index contributed by atoms with van der Waals surface area (Å²) in [5.74, 6) is 2.67. The van der Waals surface area contributed by atoms with E-state index in [1.165, 1.54) is 10.6 Å². The number of aromatic nitrogens is 4. The van der Waals surface area contributed by atoms with Gasteiger partial charge in [0, 0.05) is 81.2 Å². The molecule has 2 aromatic heterocycles. The lowest BCUT2D eigenvalue weighted by Crippen LogP contribution is -2.39. The molecular weight excluding hydrogens is 856 g/mol. The first kappa shape index (κ1) is 44.4. The minimum Gasteiger partial charge on any atom is -0.497 e. The van der Waals surface area contributed by atoms with Crippen LogP contribution >= 0.6 is 15.9 Å². The lowest BCUT2D eigenvalue weighted by molar-refractivity contribution is -0.141. The Morgan fingerprint density at radius 1 is 0.933 bits per heavy atom. The number of anilines is 6. The van der Waals surface area contributed by atoms with Gasteiger partial charge in [-0.3, -0.25) is 9.40 Å². The number of aromatic amines is 1. The third-order valence-corrected chi connectivity index (χ3v) is 12.0. The van der Waals surface area contributed by atoms with Crippen LogP contribution in [0.4, 0.5) is 34.5 Å². The van der Waals surface area contributed by atoms with Crippen LogP contribution in [0, 0.1) is 5.92 Å². The highest BCUT2D eigenvalue weighted by atomic mass is 79.9. The van der Waals surface area contributed by atoms with Crippen molar-refractivity contribution in [2.24, 2.45) is 5.92 Å². The smallest absolute Gasteiger partial charge is 0.232 e. The average molecular weight is 910 g/mol. The third kappa shape index (κ3) is 11.2. The normalized spacial score (nSPS) is 13.4. The molecule has 16 nitrogen and oxygen atoms in total.